The average molecular weight is 182 g/mol. The van der Waals surface area contributed by atoms with E-state index in [1.54, 1.807) is 0 Å². The normalized spacial score (nSPS) is 15.8. The topological polar surface area (TPSA) is 47.3 Å². The standard InChI is InChI=1S/C9H14N2O2/c12-4-1-2-8-6-10-9-7-13-5-3-11(8)9/h6,12H,1-5,7H2. The highest BCUT2D eigenvalue weighted by Gasteiger charge is 2.13. The fourth-order valence-corrected chi connectivity index (χ4v) is 1.62. The summed E-state index contributed by atoms with van der Waals surface area (Å²) < 4.78 is 7.47. The summed E-state index contributed by atoms with van der Waals surface area (Å²) in [5, 5.41) is 8.71. The largest absolute Gasteiger partial charge is 0.396 e. The number of rotatable bonds is 3. The Morgan fingerprint density at radius 1 is 1.62 bits per heavy atom. The molecule has 0 amide bonds. The fraction of sp³-hybridized carbons (Fsp3) is 0.667. The summed E-state index contributed by atoms with van der Waals surface area (Å²) in [6.45, 7) is 2.54. The molecule has 0 spiro atoms. The van der Waals surface area contributed by atoms with Gasteiger partial charge in [0.15, 0.2) is 0 Å². The predicted molar refractivity (Wildman–Crippen MR) is 47.3 cm³/mol. The van der Waals surface area contributed by atoms with Crippen molar-refractivity contribution in [1.29, 1.82) is 0 Å². The molecular formula is C9H14N2O2. The van der Waals surface area contributed by atoms with Gasteiger partial charge in [0.25, 0.3) is 0 Å². The molecule has 1 aliphatic rings. The smallest absolute Gasteiger partial charge is 0.135 e. The van der Waals surface area contributed by atoms with Crippen LogP contribution in [0, 0.1) is 0 Å². The number of fused-ring (bicyclic) bond motifs is 1. The van der Waals surface area contributed by atoms with E-state index in [1.165, 1.54) is 5.69 Å². The first-order valence-corrected chi connectivity index (χ1v) is 4.63. The van der Waals surface area contributed by atoms with Gasteiger partial charge in [0.05, 0.1) is 6.61 Å². The molecule has 0 aromatic carbocycles. The summed E-state index contributed by atoms with van der Waals surface area (Å²) >= 11 is 0. The number of aryl methyl sites for hydroxylation is 1. The first-order chi connectivity index (χ1) is 6.42. The molecule has 0 saturated heterocycles. The van der Waals surface area contributed by atoms with E-state index in [2.05, 4.69) is 9.55 Å². The Morgan fingerprint density at radius 2 is 2.54 bits per heavy atom. The molecule has 1 N–H and O–H groups in total. The Hall–Kier alpha value is -0.870. The van der Waals surface area contributed by atoms with Crippen molar-refractivity contribution in [1.82, 2.24) is 9.55 Å². The SMILES string of the molecule is OCCCc1cnc2n1CCOC2. The van der Waals surface area contributed by atoms with Gasteiger partial charge in [-0.15, -0.1) is 0 Å². The number of imidazole rings is 1. The van der Waals surface area contributed by atoms with E-state index in [-0.39, 0.29) is 6.61 Å². The summed E-state index contributed by atoms with van der Waals surface area (Å²) in [5.41, 5.74) is 1.22. The van der Waals surface area contributed by atoms with Gasteiger partial charge in [-0.2, -0.15) is 0 Å². The molecule has 1 aromatic rings. The Labute approximate surface area is 77.2 Å². The van der Waals surface area contributed by atoms with Crippen LogP contribution in [0.3, 0.4) is 0 Å². The van der Waals surface area contributed by atoms with Crippen LogP contribution in [0.4, 0.5) is 0 Å². The lowest BCUT2D eigenvalue weighted by molar-refractivity contribution is 0.0805. The minimum Gasteiger partial charge on any atom is -0.396 e. The van der Waals surface area contributed by atoms with Gasteiger partial charge < -0.3 is 14.4 Å². The molecule has 1 aromatic heterocycles. The second-order valence-corrected chi connectivity index (χ2v) is 3.20. The second-order valence-electron chi connectivity index (χ2n) is 3.20. The number of nitrogens with zero attached hydrogens (tertiary/aromatic N) is 2. The van der Waals surface area contributed by atoms with Crippen molar-refractivity contribution in [2.75, 3.05) is 13.2 Å². The van der Waals surface area contributed by atoms with E-state index in [0.717, 1.165) is 31.8 Å². The zero-order valence-electron chi connectivity index (χ0n) is 7.57. The van der Waals surface area contributed by atoms with Crippen LogP contribution in [-0.2, 0) is 24.3 Å². The van der Waals surface area contributed by atoms with E-state index in [1.807, 2.05) is 6.20 Å². The molecule has 0 unspecified atom stereocenters. The molecule has 0 saturated carbocycles. The number of hydrogen-bond acceptors (Lipinski definition) is 3. The molecule has 13 heavy (non-hydrogen) atoms. The Balaban J connectivity index is 2.12. The average Bonchev–Trinajstić information content (AvgIpc) is 2.58. The number of aliphatic hydroxyl groups excluding tert-OH is 1. The van der Waals surface area contributed by atoms with Gasteiger partial charge in [-0.25, -0.2) is 4.98 Å². The second kappa shape index (κ2) is 3.89. The molecule has 4 heteroatoms. The van der Waals surface area contributed by atoms with Gasteiger partial charge in [0.1, 0.15) is 12.4 Å². The molecule has 2 heterocycles. The predicted octanol–water partition coefficient (Wildman–Crippen LogP) is 0.338. The lowest BCUT2D eigenvalue weighted by Gasteiger charge is -2.16. The molecule has 0 aliphatic carbocycles. The van der Waals surface area contributed by atoms with Gasteiger partial charge in [-0.3, -0.25) is 0 Å². The van der Waals surface area contributed by atoms with Crippen LogP contribution in [0.5, 0.6) is 0 Å². The number of hydrogen-bond donors (Lipinski definition) is 1. The number of ether oxygens (including phenoxy) is 1. The van der Waals surface area contributed by atoms with Crippen LogP contribution >= 0.6 is 0 Å². The zero-order valence-corrected chi connectivity index (χ0v) is 7.57. The minimum atomic E-state index is 0.247. The third-order valence-electron chi connectivity index (χ3n) is 2.30. The summed E-state index contributed by atoms with van der Waals surface area (Å²) in [4.78, 5) is 4.27. The number of aromatic nitrogens is 2. The first-order valence-electron chi connectivity index (χ1n) is 4.63. The van der Waals surface area contributed by atoms with Crippen LogP contribution in [0.25, 0.3) is 0 Å². The molecular weight excluding hydrogens is 168 g/mol. The maximum Gasteiger partial charge on any atom is 0.135 e. The van der Waals surface area contributed by atoms with E-state index in [0.29, 0.717) is 6.61 Å². The third kappa shape index (κ3) is 1.73. The van der Waals surface area contributed by atoms with Gasteiger partial charge in [0.2, 0.25) is 0 Å². The van der Waals surface area contributed by atoms with Crippen LogP contribution < -0.4 is 0 Å². The monoisotopic (exact) mass is 182 g/mol. The van der Waals surface area contributed by atoms with Crippen LogP contribution in [0.15, 0.2) is 6.20 Å². The molecule has 0 atom stereocenters. The maximum absolute atomic E-state index is 8.71. The summed E-state index contributed by atoms with van der Waals surface area (Å²) in [7, 11) is 0. The summed E-state index contributed by atoms with van der Waals surface area (Å²) in [5.74, 6) is 1.01. The van der Waals surface area contributed by atoms with Gasteiger partial charge in [-0.05, 0) is 12.8 Å². The van der Waals surface area contributed by atoms with Crippen molar-refractivity contribution in [3.05, 3.63) is 17.7 Å². The molecule has 0 bridgehead atoms. The lowest BCUT2D eigenvalue weighted by atomic mass is 10.2. The van der Waals surface area contributed by atoms with Crippen molar-refractivity contribution >= 4 is 0 Å². The molecule has 4 nitrogen and oxygen atoms in total. The highest BCUT2D eigenvalue weighted by atomic mass is 16.5. The molecule has 0 fully saturated rings. The first kappa shape index (κ1) is 8.72. The zero-order chi connectivity index (χ0) is 9.10. The minimum absolute atomic E-state index is 0.247. The number of aliphatic hydroxyl groups is 1. The van der Waals surface area contributed by atoms with Gasteiger partial charge >= 0.3 is 0 Å². The molecule has 1 aliphatic heterocycles. The van der Waals surface area contributed by atoms with Crippen LogP contribution in [0.1, 0.15) is 17.9 Å². The molecule has 2 rings (SSSR count). The van der Waals surface area contributed by atoms with Crippen molar-refractivity contribution in [2.45, 2.75) is 26.0 Å². The van der Waals surface area contributed by atoms with Crippen molar-refractivity contribution in [3.8, 4) is 0 Å². The summed E-state index contributed by atoms with van der Waals surface area (Å²) in [6, 6.07) is 0. The highest BCUT2D eigenvalue weighted by molar-refractivity contribution is 5.06. The van der Waals surface area contributed by atoms with Gasteiger partial charge in [0, 0.05) is 25.0 Å². The Bertz CT molecular complexity index is 283. The lowest BCUT2D eigenvalue weighted by Crippen LogP contribution is -2.18. The quantitative estimate of drug-likeness (QED) is 0.733. The van der Waals surface area contributed by atoms with Gasteiger partial charge in [-0.1, -0.05) is 0 Å². The molecule has 0 radical (unpaired) electrons. The maximum atomic E-state index is 8.71. The van der Waals surface area contributed by atoms with E-state index < -0.39 is 0 Å². The summed E-state index contributed by atoms with van der Waals surface area (Å²) in [6.07, 6.45) is 3.61. The van der Waals surface area contributed by atoms with E-state index >= 15 is 0 Å². The third-order valence-corrected chi connectivity index (χ3v) is 2.30. The van der Waals surface area contributed by atoms with Crippen molar-refractivity contribution in [3.63, 3.8) is 0 Å². The Kier molecular flexibility index (Phi) is 2.61. The highest BCUT2D eigenvalue weighted by Crippen LogP contribution is 2.12. The van der Waals surface area contributed by atoms with Crippen LogP contribution in [-0.4, -0.2) is 27.9 Å². The van der Waals surface area contributed by atoms with Crippen LogP contribution in [0.2, 0.25) is 0 Å². The van der Waals surface area contributed by atoms with E-state index in [4.69, 9.17) is 9.84 Å². The van der Waals surface area contributed by atoms with E-state index in [9.17, 15) is 0 Å². The van der Waals surface area contributed by atoms with Crippen molar-refractivity contribution in [2.24, 2.45) is 0 Å². The van der Waals surface area contributed by atoms with Crippen molar-refractivity contribution < 1.29 is 9.84 Å². The Morgan fingerprint density at radius 3 is 3.38 bits per heavy atom. The fourth-order valence-electron chi connectivity index (χ4n) is 1.62. The molecule has 72 valence electrons.